The zero-order valence-electron chi connectivity index (χ0n) is 13.1. The van der Waals surface area contributed by atoms with E-state index in [2.05, 4.69) is 20.2 Å². The second kappa shape index (κ2) is 7.39. The van der Waals surface area contributed by atoms with E-state index in [1.165, 1.54) is 12.0 Å². The molecule has 0 radical (unpaired) electrons. The Labute approximate surface area is 133 Å². The number of ether oxygens (including phenoxy) is 1. The van der Waals surface area contributed by atoms with Gasteiger partial charge in [0.2, 0.25) is 5.91 Å². The van der Waals surface area contributed by atoms with Gasteiger partial charge in [-0.3, -0.25) is 9.78 Å². The average molecular weight is 318 g/mol. The fourth-order valence-electron chi connectivity index (χ4n) is 1.96. The summed E-state index contributed by atoms with van der Waals surface area (Å²) >= 11 is 0. The van der Waals surface area contributed by atoms with Gasteiger partial charge in [0, 0.05) is 19.3 Å². The van der Waals surface area contributed by atoms with Gasteiger partial charge >= 0.3 is 6.09 Å². The van der Waals surface area contributed by atoms with Crippen molar-refractivity contribution in [2.75, 3.05) is 14.2 Å². The molecule has 8 heteroatoms. The first kappa shape index (κ1) is 16.5. The van der Waals surface area contributed by atoms with Crippen molar-refractivity contribution in [3.63, 3.8) is 0 Å². The number of carbonyl (C=O) groups is 2. The number of hydrogen-bond acceptors (Lipinski definition) is 6. The Morgan fingerprint density at radius 1 is 1.39 bits per heavy atom. The second-order valence-electron chi connectivity index (χ2n) is 4.95. The van der Waals surface area contributed by atoms with Gasteiger partial charge in [0.15, 0.2) is 5.76 Å². The molecule has 1 N–H and O–H groups in total. The van der Waals surface area contributed by atoms with Crippen LogP contribution in [0.25, 0.3) is 11.4 Å². The maximum atomic E-state index is 12.2. The largest absolute Gasteiger partial charge is 0.453 e. The fraction of sp³-hybridized carbons (Fsp3) is 0.333. The number of likely N-dealkylation sites (N-methyl/N-ethyl adjacent to an activating group) is 1. The molecule has 0 aliphatic heterocycles. The van der Waals surface area contributed by atoms with Crippen molar-refractivity contribution >= 4 is 12.0 Å². The third-order valence-electron chi connectivity index (χ3n) is 3.15. The minimum absolute atomic E-state index is 0.228. The van der Waals surface area contributed by atoms with E-state index in [0.717, 1.165) is 0 Å². The van der Waals surface area contributed by atoms with E-state index in [1.54, 1.807) is 26.2 Å². The summed E-state index contributed by atoms with van der Waals surface area (Å²) < 4.78 is 9.69. The summed E-state index contributed by atoms with van der Waals surface area (Å²) in [7, 11) is 2.85. The van der Waals surface area contributed by atoms with Crippen LogP contribution in [0.2, 0.25) is 0 Å². The molecular weight excluding hydrogens is 300 g/mol. The van der Waals surface area contributed by atoms with E-state index in [9.17, 15) is 9.59 Å². The van der Waals surface area contributed by atoms with E-state index < -0.39 is 12.1 Å². The molecule has 0 aliphatic carbocycles. The van der Waals surface area contributed by atoms with Gasteiger partial charge in [0.05, 0.1) is 19.3 Å². The molecule has 23 heavy (non-hydrogen) atoms. The number of rotatable bonds is 5. The van der Waals surface area contributed by atoms with Crippen LogP contribution in [0.3, 0.4) is 0 Å². The number of pyridine rings is 1. The van der Waals surface area contributed by atoms with Crippen molar-refractivity contribution in [2.45, 2.75) is 19.5 Å². The minimum Gasteiger partial charge on any atom is -0.453 e. The molecule has 0 fully saturated rings. The average Bonchev–Trinajstić information content (AvgIpc) is 3.03. The highest BCUT2D eigenvalue weighted by atomic mass is 16.5. The van der Waals surface area contributed by atoms with Crippen molar-refractivity contribution in [3.05, 3.63) is 36.2 Å². The monoisotopic (exact) mass is 318 g/mol. The molecule has 0 aromatic carbocycles. The highest BCUT2D eigenvalue weighted by Crippen LogP contribution is 2.17. The lowest BCUT2D eigenvalue weighted by Crippen LogP contribution is -2.45. The Morgan fingerprint density at radius 2 is 2.17 bits per heavy atom. The predicted molar refractivity (Wildman–Crippen MR) is 81.2 cm³/mol. The van der Waals surface area contributed by atoms with E-state index >= 15 is 0 Å². The first-order valence-electron chi connectivity index (χ1n) is 6.97. The Kier molecular flexibility index (Phi) is 5.29. The second-order valence-corrected chi connectivity index (χ2v) is 4.95. The topological polar surface area (TPSA) is 97.6 Å². The van der Waals surface area contributed by atoms with Crippen LogP contribution in [0.1, 0.15) is 12.7 Å². The number of hydrogen-bond donors (Lipinski definition) is 1. The van der Waals surface area contributed by atoms with E-state index in [1.807, 2.05) is 18.2 Å². The molecule has 2 aromatic rings. The number of amides is 2. The lowest BCUT2D eigenvalue weighted by molar-refractivity contribution is -0.132. The zero-order chi connectivity index (χ0) is 16.8. The smallest absolute Gasteiger partial charge is 0.407 e. The number of alkyl carbamates (subject to hydrolysis) is 1. The van der Waals surface area contributed by atoms with Crippen LogP contribution in [0.4, 0.5) is 4.79 Å². The molecule has 0 bridgehead atoms. The first-order valence-corrected chi connectivity index (χ1v) is 6.97. The van der Waals surface area contributed by atoms with Crippen LogP contribution in [-0.4, -0.2) is 47.2 Å². The van der Waals surface area contributed by atoms with Crippen molar-refractivity contribution in [2.24, 2.45) is 0 Å². The summed E-state index contributed by atoms with van der Waals surface area (Å²) in [5.41, 5.74) is 1.29. The fourth-order valence-corrected chi connectivity index (χ4v) is 1.96. The van der Waals surface area contributed by atoms with Crippen molar-refractivity contribution < 1.29 is 18.8 Å². The van der Waals surface area contributed by atoms with Gasteiger partial charge in [0.25, 0.3) is 0 Å². The first-order chi connectivity index (χ1) is 11.0. The number of carbonyl (C=O) groups excluding carboxylic acids is 2. The quantitative estimate of drug-likeness (QED) is 0.896. The van der Waals surface area contributed by atoms with Gasteiger partial charge < -0.3 is 19.5 Å². The van der Waals surface area contributed by atoms with Gasteiger partial charge in [-0.1, -0.05) is 11.2 Å². The summed E-state index contributed by atoms with van der Waals surface area (Å²) in [4.78, 5) is 28.9. The highest BCUT2D eigenvalue weighted by Gasteiger charge is 2.21. The standard InChI is InChI=1S/C15H18N4O4/c1-10(17-15(21)22-3)14(20)19(2)9-11-8-13(18-23-11)12-6-4-5-7-16-12/h4-8,10H,9H2,1-3H3,(H,17,21). The maximum Gasteiger partial charge on any atom is 0.407 e. The Morgan fingerprint density at radius 3 is 2.83 bits per heavy atom. The van der Waals surface area contributed by atoms with Gasteiger partial charge in [-0.15, -0.1) is 0 Å². The Hall–Kier alpha value is -2.90. The third-order valence-corrected chi connectivity index (χ3v) is 3.15. The Balaban J connectivity index is 1.98. The van der Waals surface area contributed by atoms with Crippen molar-refractivity contribution in [3.8, 4) is 11.4 Å². The minimum atomic E-state index is -0.703. The van der Waals surface area contributed by atoms with Gasteiger partial charge in [-0.2, -0.15) is 0 Å². The van der Waals surface area contributed by atoms with Crippen LogP contribution in [0.5, 0.6) is 0 Å². The molecule has 2 aromatic heterocycles. The molecule has 2 heterocycles. The SMILES string of the molecule is COC(=O)NC(C)C(=O)N(C)Cc1cc(-c2ccccn2)no1. The molecule has 1 unspecified atom stereocenters. The third kappa shape index (κ3) is 4.29. The molecule has 0 spiro atoms. The number of aromatic nitrogens is 2. The molecule has 0 aliphatic rings. The summed E-state index contributed by atoms with van der Waals surface area (Å²) in [6, 6.07) is 6.51. The van der Waals surface area contributed by atoms with Crippen LogP contribution in [0, 0.1) is 0 Å². The van der Waals surface area contributed by atoms with Gasteiger partial charge in [-0.25, -0.2) is 4.79 Å². The molecule has 1 atom stereocenters. The molecule has 0 saturated heterocycles. The molecule has 2 rings (SSSR count). The zero-order valence-corrected chi connectivity index (χ0v) is 13.1. The molecule has 2 amide bonds. The van der Waals surface area contributed by atoms with Gasteiger partial charge in [0.1, 0.15) is 11.7 Å². The summed E-state index contributed by atoms with van der Waals surface area (Å²) in [5, 5.41) is 6.36. The lowest BCUT2D eigenvalue weighted by atomic mass is 10.2. The summed E-state index contributed by atoms with van der Waals surface area (Å²) in [6.07, 6.45) is 1.01. The Bertz CT molecular complexity index is 671. The van der Waals surface area contributed by atoms with Crippen LogP contribution >= 0.6 is 0 Å². The maximum absolute atomic E-state index is 12.2. The lowest BCUT2D eigenvalue weighted by Gasteiger charge is -2.20. The van der Waals surface area contributed by atoms with E-state index in [-0.39, 0.29) is 12.5 Å². The van der Waals surface area contributed by atoms with Crippen molar-refractivity contribution in [1.82, 2.24) is 20.4 Å². The number of nitrogens with one attached hydrogen (secondary N) is 1. The predicted octanol–water partition coefficient (Wildman–Crippen LogP) is 1.44. The van der Waals surface area contributed by atoms with E-state index in [4.69, 9.17) is 4.52 Å². The summed E-state index contributed by atoms with van der Waals surface area (Å²) in [6.45, 7) is 1.81. The molecule has 8 nitrogen and oxygen atoms in total. The van der Waals surface area contributed by atoms with Crippen LogP contribution < -0.4 is 5.32 Å². The molecular formula is C15H18N4O4. The molecule has 0 saturated carbocycles. The van der Waals surface area contributed by atoms with Crippen molar-refractivity contribution in [1.29, 1.82) is 0 Å². The summed E-state index contributed by atoms with van der Waals surface area (Å²) in [5.74, 6) is 0.248. The number of nitrogens with zero attached hydrogens (tertiary/aromatic N) is 3. The number of methoxy groups -OCH3 is 1. The van der Waals surface area contributed by atoms with Gasteiger partial charge in [-0.05, 0) is 19.1 Å². The normalized spacial score (nSPS) is 11.6. The van der Waals surface area contributed by atoms with Crippen LogP contribution in [0.15, 0.2) is 35.0 Å². The molecule has 122 valence electrons. The van der Waals surface area contributed by atoms with Crippen LogP contribution in [-0.2, 0) is 16.1 Å². The van der Waals surface area contributed by atoms with E-state index in [0.29, 0.717) is 17.1 Å². The highest BCUT2D eigenvalue weighted by molar-refractivity contribution is 5.85.